The Morgan fingerprint density at radius 1 is 1.38 bits per heavy atom. The van der Waals surface area contributed by atoms with Crippen molar-refractivity contribution in [2.45, 2.75) is 33.1 Å². The van der Waals surface area contributed by atoms with E-state index in [-0.39, 0.29) is 0 Å². The Hall–Kier alpha value is -1.58. The molecule has 1 aromatic rings. The van der Waals surface area contributed by atoms with Gasteiger partial charge in [0.05, 0.1) is 6.54 Å². The van der Waals surface area contributed by atoms with Crippen molar-refractivity contribution in [1.29, 1.82) is 0 Å². The van der Waals surface area contributed by atoms with Crippen LogP contribution in [0.4, 0.5) is 0 Å². The summed E-state index contributed by atoms with van der Waals surface area (Å²) in [6, 6.07) is 1.87. The van der Waals surface area contributed by atoms with Crippen LogP contribution in [0.1, 0.15) is 38.2 Å². The van der Waals surface area contributed by atoms with Crippen LogP contribution >= 0.6 is 0 Å². The van der Waals surface area contributed by atoms with Crippen molar-refractivity contribution in [3.63, 3.8) is 0 Å². The Morgan fingerprint density at radius 2 is 2.25 bits per heavy atom. The molecule has 4 nitrogen and oxygen atoms in total. The van der Waals surface area contributed by atoms with Crippen molar-refractivity contribution >= 4 is 11.5 Å². The zero-order chi connectivity index (χ0) is 11.4. The van der Waals surface area contributed by atoms with Gasteiger partial charge in [0.1, 0.15) is 11.5 Å². The number of nitrogens with zero attached hydrogens (tertiary/aromatic N) is 4. The van der Waals surface area contributed by atoms with Crippen molar-refractivity contribution < 1.29 is 0 Å². The lowest BCUT2D eigenvalue weighted by Crippen LogP contribution is -2.03. The summed E-state index contributed by atoms with van der Waals surface area (Å²) >= 11 is 0. The fourth-order valence-electron chi connectivity index (χ4n) is 1.56. The van der Waals surface area contributed by atoms with E-state index in [0.717, 1.165) is 42.3 Å². The SMILES string of the molecule is CCCCc1nccc(C2=NCC(C)=N2)n1. The number of rotatable bonds is 4. The maximum absolute atomic E-state index is 4.48. The molecule has 1 aliphatic heterocycles. The van der Waals surface area contributed by atoms with Crippen molar-refractivity contribution in [3.8, 4) is 0 Å². The molecule has 0 spiro atoms. The second-order valence-corrected chi connectivity index (χ2v) is 3.95. The minimum atomic E-state index is 0.698. The second-order valence-electron chi connectivity index (χ2n) is 3.95. The fraction of sp³-hybridized carbons (Fsp3) is 0.500. The van der Waals surface area contributed by atoms with E-state index in [2.05, 4.69) is 26.9 Å². The second kappa shape index (κ2) is 4.96. The quantitative estimate of drug-likeness (QED) is 0.773. The number of aromatic nitrogens is 2. The van der Waals surface area contributed by atoms with Gasteiger partial charge in [-0.3, -0.25) is 4.99 Å². The molecule has 0 saturated heterocycles. The monoisotopic (exact) mass is 216 g/mol. The molecular formula is C12H16N4. The van der Waals surface area contributed by atoms with E-state index >= 15 is 0 Å². The highest BCUT2D eigenvalue weighted by Crippen LogP contribution is 2.06. The third-order valence-electron chi connectivity index (χ3n) is 2.44. The highest BCUT2D eigenvalue weighted by atomic mass is 15.0. The van der Waals surface area contributed by atoms with E-state index in [0.29, 0.717) is 6.54 Å². The van der Waals surface area contributed by atoms with Crippen molar-refractivity contribution in [2.75, 3.05) is 6.54 Å². The summed E-state index contributed by atoms with van der Waals surface area (Å²) in [5, 5.41) is 0. The molecule has 2 heterocycles. The lowest BCUT2D eigenvalue weighted by molar-refractivity contribution is 0.751. The normalized spacial score (nSPS) is 14.9. The Morgan fingerprint density at radius 3 is 2.94 bits per heavy atom. The molecule has 0 fully saturated rings. The third kappa shape index (κ3) is 2.51. The number of unbranched alkanes of at least 4 members (excludes halogenated alkanes) is 1. The predicted octanol–water partition coefficient (Wildman–Crippen LogP) is 2.04. The van der Waals surface area contributed by atoms with Gasteiger partial charge in [0.2, 0.25) is 0 Å². The van der Waals surface area contributed by atoms with Crippen LogP contribution in [-0.2, 0) is 6.42 Å². The lowest BCUT2D eigenvalue weighted by Gasteiger charge is -2.01. The van der Waals surface area contributed by atoms with Gasteiger partial charge in [-0.25, -0.2) is 15.0 Å². The van der Waals surface area contributed by atoms with Gasteiger partial charge in [0.15, 0.2) is 5.84 Å². The molecule has 0 saturated carbocycles. The van der Waals surface area contributed by atoms with Gasteiger partial charge < -0.3 is 0 Å². The molecule has 0 bridgehead atoms. The van der Waals surface area contributed by atoms with Gasteiger partial charge in [-0.2, -0.15) is 0 Å². The van der Waals surface area contributed by atoms with Crippen LogP contribution in [-0.4, -0.2) is 28.1 Å². The van der Waals surface area contributed by atoms with E-state index < -0.39 is 0 Å². The Bertz CT molecular complexity index is 434. The maximum Gasteiger partial charge on any atom is 0.174 e. The minimum Gasteiger partial charge on any atom is -0.259 e. The number of hydrogen-bond donors (Lipinski definition) is 0. The molecule has 0 aromatic carbocycles. The molecule has 4 heteroatoms. The number of aryl methyl sites for hydroxylation is 1. The Labute approximate surface area is 95.6 Å². The van der Waals surface area contributed by atoms with Crippen LogP contribution in [0.25, 0.3) is 0 Å². The molecule has 0 unspecified atom stereocenters. The van der Waals surface area contributed by atoms with Crippen LogP contribution in [0.15, 0.2) is 22.2 Å². The largest absolute Gasteiger partial charge is 0.259 e. The zero-order valence-corrected chi connectivity index (χ0v) is 9.77. The summed E-state index contributed by atoms with van der Waals surface area (Å²) < 4.78 is 0. The van der Waals surface area contributed by atoms with Crippen LogP contribution in [0.5, 0.6) is 0 Å². The van der Waals surface area contributed by atoms with Crippen molar-refractivity contribution in [1.82, 2.24) is 9.97 Å². The highest BCUT2D eigenvalue weighted by Gasteiger charge is 2.10. The third-order valence-corrected chi connectivity index (χ3v) is 2.44. The molecule has 84 valence electrons. The van der Waals surface area contributed by atoms with E-state index in [4.69, 9.17) is 0 Å². The number of amidine groups is 1. The first-order valence-electron chi connectivity index (χ1n) is 5.70. The molecule has 0 N–H and O–H groups in total. The van der Waals surface area contributed by atoms with Gasteiger partial charge >= 0.3 is 0 Å². The summed E-state index contributed by atoms with van der Waals surface area (Å²) in [6.45, 7) is 4.85. The fourth-order valence-corrected chi connectivity index (χ4v) is 1.56. The number of aliphatic imine (C=N–C) groups is 2. The van der Waals surface area contributed by atoms with Crippen molar-refractivity contribution in [3.05, 3.63) is 23.8 Å². The van der Waals surface area contributed by atoms with Gasteiger partial charge in [0.25, 0.3) is 0 Å². The summed E-state index contributed by atoms with van der Waals surface area (Å²) in [6.07, 6.45) is 5.00. The summed E-state index contributed by atoms with van der Waals surface area (Å²) in [7, 11) is 0. The van der Waals surface area contributed by atoms with Crippen LogP contribution in [0.3, 0.4) is 0 Å². The highest BCUT2D eigenvalue weighted by molar-refractivity contribution is 6.09. The van der Waals surface area contributed by atoms with Gasteiger partial charge in [-0.1, -0.05) is 13.3 Å². The standard InChI is InChI=1S/C12H16N4/c1-3-4-5-11-13-7-6-10(16-11)12-14-8-9(2)15-12/h6-7H,3-5,8H2,1-2H3. The molecule has 0 radical (unpaired) electrons. The molecule has 1 aliphatic rings. The molecular weight excluding hydrogens is 200 g/mol. The average molecular weight is 216 g/mol. The van der Waals surface area contributed by atoms with Crippen LogP contribution in [0.2, 0.25) is 0 Å². The first-order chi connectivity index (χ1) is 7.79. The molecule has 1 aromatic heterocycles. The zero-order valence-electron chi connectivity index (χ0n) is 9.77. The summed E-state index contributed by atoms with van der Waals surface area (Å²) in [5.41, 5.74) is 1.89. The van der Waals surface area contributed by atoms with Gasteiger partial charge in [-0.05, 0) is 19.4 Å². The lowest BCUT2D eigenvalue weighted by atomic mass is 10.2. The molecule has 0 amide bonds. The average Bonchev–Trinajstić information content (AvgIpc) is 2.74. The molecule has 0 aliphatic carbocycles. The summed E-state index contributed by atoms with van der Waals surface area (Å²) in [4.78, 5) is 17.4. The van der Waals surface area contributed by atoms with E-state index in [1.807, 2.05) is 13.0 Å². The Kier molecular flexibility index (Phi) is 3.39. The maximum atomic E-state index is 4.48. The first kappa shape index (κ1) is 10.9. The predicted molar refractivity (Wildman–Crippen MR) is 65.2 cm³/mol. The molecule has 2 rings (SSSR count). The van der Waals surface area contributed by atoms with Crippen LogP contribution in [0, 0.1) is 0 Å². The van der Waals surface area contributed by atoms with E-state index in [9.17, 15) is 0 Å². The molecule has 0 atom stereocenters. The van der Waals surface area contributed by atoms with E-state index in [1.165, 1.54) is 0 Å². The Balaban J connectivity index is 2.16. The molecule has 16 heavy (non-hydrogen) atoms. The smallest absolute Gasteiger partial charge is 0.174 e. The van der Waals surface area contributed by atoms with Crippen molar-refractivity contribution in [2.24, 2.45) is 9.98 Å². The van der Waals surface area contributed by atoms with Gasteiger partial charge in [0, 0.05) is 18.3 Å². The van der Waals surface area contributed by atoms with Gasteiger partial charge in [-0.15, -0.1) is 0 Å². The number of hydrogen-bond acceptors (Lipinski definition) is 4. The van der Waals surface area contributed by atoms with Crippen LogP contribution < -0.4 is 0 Å². The first-order valence-corrected chi connectivity index (χ1v) is 5.70. The minimum absolute atomic E-state index is 0.698. The van der Waals surface area contributed by atoms with E-state index in [1.54, 1.807) is 6.20 Å². The summed E-state index contributed by atoms with van der Waals surface area (Å²) in [5.74, 6) is 1.64. The topological polar surface area (TPSA) is 50.5 Å².